The Kier molecular flexibility index (Phi) is 9.06. The van der Waals surface area contributed by atoms with Crippen molar-refractivity contribution in [3.05, 3.63) is 40.9 Å². The van der Waals surface area contributed by atoms with Gasteiger partial charge in [-0.25, -0.2) is 4.79 Å². The molecule has 0 unspecified atom stereocenters. The third-order valence-corrected chi connectivity index (χ3v) is 5.22. The van der Waals surface area contributed by atoms with Crippen molar-refractivity contribution in [1.82, 2.24) is 5.32 Å². The Bertz CT molecular complexity index is 513. The fourth-order valence-corrected chi connectivity index (χ4v) is 3.74. The Hall–Kier alpha value is -1.32. The third-order valence-electron chi connectivity index (χ3n) is 4.97. The number of carbonyl (C=O) groups is 1. The van der Waals surface area contributed by atoms with Crippen molar-refractivity contribution < 1.29 is 9.90 Å². The van der Waals surface area contributed by atoms with Crippen LogP contribution in [0.2, 0.25) is 5.02 Å². The van der Waals surface area contributed by atoms with Crippen molar-refractivity contribution in [1.29, 1.82) is 0 Å². The van der Waals surface area contributed by atoms with E-state index in [9.17, 15) is 4.79 Å². The fourth-order valence-electron chi connectivity index (χ4n) is 3.61. The molecule has 0 atom stereocenters. The van der Waals surface area contributed by atoms with Crippen LogP contribution in [-0.4, -0.2) is 23.2 Å². The first-order valence-corrected chi connectivity index (χ1v) is 9.94. The molecule has 25 heavy (non-hydrogen) atoms. The maximum absolute atomic E-state index is 10.1. The van der Waals surface area contributed by atoms with Gasteiger partial charge in [0.1, 0.15) is 0 Å². The molecular formula is C21H30ClNO2. The standard InChI is InChI=1S/C12H23N.C9H7ClO2/c1-3-7-11(8-4-1)13-12-9-5-2-6-10-12;10-8-4-1-7(2-5-8)3-6-9(11)12/h11-13H,1-10H2;1-6H,(H,11,12). The molecule has 2 fully saturated rings. The topological polar surface area (TPSA) is 49.3 Å². The van der Waals surface area contributed by atoms with Crippen LogP contribution in [-0.2, 0) is 4.79 Å². The zero-order valence-corrected chi connectivity index (χ0v) is 15.7. The second-order valence-corrected chi connectivity index (χ2v) is 7.50. The monoisotopic (exact) mass is 363 g/mol. The van der Waals surface area contributed by atoms with Gasteiger partial charge in [0.05, 0.1) is 0 Å². The number of rotatable bonds is 4. The highest BCUT2D eigenvalue weighted by molar-refractivity contribution is 6.30. The Labute approximate surface area is 156 Å². The van der Waals surface area contributed by atoms with Crippen molar-refractivity contribution in [3.8, 4) is 0 Å². The number of halogens is 1. The summed E-state index contributed by atoms with van der Waals surface area (Å²) in [7, 11) is 0. The summed E-state index contributed by atoms with van der Waals surface area (Å²) in [5, 5.41) is 12.8. The summed E-state index contributed by atoms with van der Waals surface area (Å²) >= 11 is 5.63. The summed E-state index contributed by atoms with van der Waals surface area (Å²) in [5.74, 6) is -0.954. The maximum atomic E-state index is 10.1. The molecule has 3 rings (SSSR count). The largest absolute Gasteiger partial charge is 0.478 e. The lowest BCUT2D eigenvalue weighted by atomic mass is 9.91. The van der Waals surface area contributed by atoms with E-state index in [1.807, 2.05) is 0 Å². The van der Waals surface area contributed by atoms with Gasteiger partial charge in [0.15, 0.2) is 0 Å². The van der Waals surface area contributed by atoms with E-state index in [2.05, 4.69) is 5.32 Å². The van der Waals surface area contributed by atoms with Gasteiger partial charge in [0.25, 0.3) is 0 Å². The second kappa shape index (κ2) is 11.3. The van der Waals surface area contributed by atoms with E-state index in [4.69, 9.17) is 16.7 Å². The van der Waals surface area contributed by atoms with E-state index >= 15 is 0 Å². The number of hydrogen-bond donors (Lipinski definition) is 2. The van der Waals surface area contributed by atoms with Gasteiger partial charge in [0, 0.05) is 23.2 Å². The van der Waals surface area contributed by atoms with Crippen molar-refractivity contribution >= 4 is 23.6 Å². The quantitative estimate of drug-likeness (QED) is 0.676. The van der Waals surface area contributed by atoms with Gasteiger partial charge in [-0.3, -0.25) is 0 Å². The van der Waals surface area contributed by atoms with Crippen molar-refractivity contribution in [2.45, 2.75) is 76.3 Å². The van der Waals surface area contributed by atoms with E-state index in [1.54, 1.807) is 24.3 Å². The zero-order valence-electron chi connectivity index (χ0n) is 14.9. The van der Waals surface area contributed by atoms with Crippen LogP contribution in [0.1, 0.15) is 69.8 Å². The van der Waals surface area contributed by atoms with Gasteiger partial charge in [-0.05, 0) is 49.5 Å². The van der Waals surface area contributed by atoms with E-state index in [1.165, 1.54) is 70.3 Å². The minimum absolute atomic E-state index is 0.641. The predicted molar refractivity (Wildman–Crippen MR) is 105 cm³/mol. The number of carboxylic acid groups (broad SMARTS) is 1. The zero-order chi connectivity index (χ0) is 17.9. The molecule has 0 radical (unpaired) electrons. The fraction of sp³-hybridized carbons (Fsp3) is 0.571. The Morgan fingerprint density at radius 1 is 0.920 bits per heavy atom. The van der Waals surface area contributed by atoms with Gasteiger partial charge in [0.2, 0.25) is 0 Å². The molecule has 0 amide bonds. The number of hydrogen-bond acceptors (Lipinski definition) is 2. The summed E-state index contributed by atoms with van der Waals surface area (Å²) < 4.78 is 0. The normalized spacial score (nSPS) is 19.4. The maximum Gasteiger partial charge on any atom is 0.328 e. The molecule has 2 N–H and O–H groups in total. The molecule has 138 valence electrons. The molecule has 0 saturated heterocycles. The van der Waals surface area contributed by atoms with E-state index in [0.717, 1.165) is 23.7 Å². The summed E-state index contributed by atoms with van der Waals surface area (Å²) in [5.41, 5.74) is 0.821. The van der Waals surface area contributed by atoms with E-state index < -0.39 is 5.97 Å². The van der Waals surface area contributed by atoms with Crippen LogP contribution < -0.4 is 5.32 Å². The average Bonchev–Trinajstić information content (AvgIpc) is 2.63. The average molecular weight is 364 g/mol. The summed E-state index contributed by atoms with van der Waals surface area (Å²) in [4.78, 5) is 10.1. The van der Waals surface area contributed by atoms with Crippen LogP contribution in [0.15, 0.2) is 30.3 Å². The Morgan fingerprint density at radius 2 is 1.40 bits per heavy atom. The minimum atomic E-state index is -0.954. The molecular weight excluding hydrogens is 334 g/mol. The number of nitrogens with one attached hydrogen (secondary N) is 1. The van der Waals surface area contributed by atoms with Crippen molar-refractivity contribution in [2.75, 3.05) is 0 Å². The first-order chi connectivity index (χ1) is 12.1. The van der Waals surface area contributed by atoms with Crippen LogP contribution in [0.25, 0.3) is 6.08 Å². The molecule has 2 saturated carbocycles. The van der Waals surface area contributed by atoms with Gasteiger partial charge in [-0.15, -0.1) is 0 Å². The molecule has 0 aromatic heterocycles. The first kappa shape index (κ1) is 20.0. The molecule has 0 heterocycles. The van der Waals surface area contributed by atoms with Crippen LogP contribution in [0.5, 0.6) is 0 Å². The molecule has 2 aliphatic rings. The van der Waals surface area contributed by atoms with Crippen molar-refractivity contribution in [3.63, 3.8) is 0 Å². The van der Waals surface area contributed by atoms with Gasteiger partial charge >= 0.3 is 5.97 Å². The lowest BCUT2D eigenvalue weighted by Gasteiger charge is -2.30. The van der Waals surface area contributed by atoms with Crippen molar-refractivity contribution in [2.24, 2.45) is 0 Å². The van der Waals surface area contributed by atoms with Crippen LogP contribution >= 0.6 is 11.6 Å². The first-order valence-electron chi connectivity index (χ1n) is 9.56. The summed E-state index contributed by atoms with van der Waals surface area (Å²) in [6, 6.07) is 8.67. The molecule has 2 aliphatic carbocycles. The molecule has 3 nitrogen and oxygen atoms in total. The van der Waals surface area contributed by atoms with Gasteiger partial charge < -0.3 is 10.4 Å². The Morgan fingerprint density at radius 3 is 1.84 bits per heavy atom. The highest BCUT2D eigenvalue weighted by atomic mass is 35.5. The molecule has 4 heteroatoms. The van der Waals surface area contributed by atoms with E-state index in [0.29, 0.717) is 5.02 Å². The van der Waals surface area contributed by atoms with Gasteiger partial charge in [-0.2, -0.15) is 0 Å². The predicted octanol–water partition coefficient (Wildman–Crippen LogP) is 5.68. The molecule has 0 aliphatic heterocycles. The Balaban J connectivity index is 0.000000181. The lowest BCUT2D eigenvalue weighted by molar-refractivity contribution is -0.131. The highest BCUT2D eigenvalue weighted by Gasteiger charge is 2.19. The third kappa shape index (κ3) is 8.55. The van der Waals surface area contributed by atoms with E-state index in [-0.39, 0.29) is 0 Å². The minimum Gasteiger partial charge on any atom is -0.478 e. The number of carboxylic acids is 1. The number of aliphatic carboxylic acids is 1. The second-order valence-electron chi connectivity index (χ2n) is 7.06. The van der Waals surface area contributed by atoms with Crippen LogP contribution in [0.3, 0.4) is 0 Å². The lowest BCUT2D eigenvalue weighted by Crippen LogP contribution is -2.40. The molecule has 0 spiro atoms. The number of benzene rings is 1. The summed E-state index contributed by atoms with van der Waals surface area (Å²) in [6.07, 6.45) is 17.2. The smallest absolute Gasteiger partial charge is 0.328 e. The molecule has 0 bridgehead atoms. The molecule has 1 aromatic rings. The van der Waals surface area contributed by atoms with Crippen LogP contribution in [0, 0.1) is 0 Å². The summed E-state index contributed by atoms with van der Waals surface area (Å²) in [6.45, 7) is 0. The highest BCUT2D eigenvalue weighted by Crippen LogP contribution is 2.22. The molecule has 1 aromatic carbocycles. The van der Waals surface area contributed by atoms with Crippen LogP contribution in [0.4, 0.5) is 0 Å². The van der Waals surface area contributed by atoms with Gasteiger partial charge in [-0.1, -0.05) is 62.3 Å². The SMILES string of the molecule is C1CCC(NC2CCCCC2)CC1.O=C(O)C=Cc1ccc(Cl)cc1.